The highest BCUT2D eigenvalue weighted by atomic mass is 35.5. The third kappa shape index (κ3) is 3.03. The summed E-state index contributed by atoms with van der Waals surface area (Å²) >= 11 is 5.72. The van der Waals surface area contributed by atoms with Crippen molar-refractivity contribution in [2.24, 2.45) is 0 Å². The third-order valence-corrected chi connectivity index (χ3v) is 2.90. The number of anilines is 1. The quantitative estimate of drug-likeness (QED) is 0.818. The largest absolute Gasteiger partial charge is 0.326 e. The Bertz CT molecular complexity index is 530. The van der Waals surface area contributed by atoms with Crippen LogP contribution >= 0.6 is 11.6 Å². The summed E-state index contributed by atoms with van der Waals surface area (Å²) in [5.41, 5.74) is 0.550. The van der Waals surface area contributed by atoms with Crippen LogP contribution in [-0.4, -0.2) is 35.3 Å². The number of amides is 4. The first-order valence-electron chi connectivity index (χ1n) is 5.64. The Morgan fingerprint density at radius 1 is 1.37 bits per heavy atom. The molecule has 0 aromatic heterocycles. The molecule has 100 valence electrons. The van der Waals surface area contributed by atoms with Crippen LogP contribution in [0.2, 0.25) is 5.02 Å². The number of carbonyl (C=O) groups is 3. The molecule has 0 spiro atoms. The zero-order valence-corrected chi connectivity index (χ0v) is 10.9. The first-order chi connectivity index (χ1) is 8.97. The highest BCUT2D eigenvalue weighted by molar-refractivity contribution is 6.30. The van der Waals surface area contributed by atoms with E-state index in [0.717, 1.165) is 4.90 Å². The van der Waals surface area contributed by atoms with Crippen molar-refractivity contribution in [2.45, 2.75) is 13.0 Å². The number of imide groups is 1. The van der Waals surface area contributed by atoms with Gasteiger partial charge in [0.1, 0.15) is 12.6 Å². The second-order valence-corrected chi connectivity index (χ2v) is 4.59. The van der Waals surface area contributed by atoms with Gasteiger partial charge in [0.05, 0.1) is 0 Å². The van der Waals surface area contributed by atoms with Gasteiger partial charge in [0.25, 0.3) is 5.91 Å². The number of nitrogens with one attached hydrogen (secondary N) is 2. The minimum atomic E-state index is -0.587. The van der Waals surface area contributed by atoms with Crippen molar-refractivity contribution < 1.29 is 14.4 Å². The molecule has 6 nitrogen and oxygen atoms in total. The minimum absolute atomic E-state index is 0.308. The average molecular weight is 282 g/mol. The van der Waals surface area contributed by atoms with E-state index >= 15 is 0 Å². The van der Waals surface area contributed by atoms with Crippen molar-refractivity contribution in [1.82, 2.24) is 10.2 Å². The topological polar surface area (TPSA) is 78.5 Å². The molecule has 2 N–H and O–H groups in total. The number of benzene rings is 1. The Balaban J connectivity index is 1.96. The lowest BCUT2D eigenvalue weighted by atomic mass is 10.3. The van der Waals surface area contributed by atoms with E-state index in [4.69, 9.17) is 11.6 Å². The molecule has 2 rings (SSSR count). The molecule has 1 aliphatic rings. The summed E-state index contributed by atoms with van der Waals surface area (Å²) in [6.07, 6.45) is 0. The van der Waals surface area contributed by atoms with Crippen LogP contribution in [0.25, 0.3) is 0 Å². The smallest absolute Gasteiger partial charge is 0.325 e. The number of carbonyl (C=O) groups excluding carboxylic acids is 3. The number of urea groups is 1. The minimum Gasteiger partial charge on any atom is -0.326 e. The summed E-state index contributed by atoms with van der Waals surface area (Å²) in [5, 5.41) is 5.57. The molecule has 1 heterocycles. The molecule has 0 aliphatic carbocycles. The summed E-state index contributed by atoms with van der Waals surface area (Å²) in [6.45, 7) is 1.26. The van der Waals surface area contributed by atoms with Crippen LogP contribution in [0, 0.1) is 0 Å². The van der Waals surface area contributed by atoms with Gasteiger partial charge < -0.3 is 10.6 Å². The van der Waals surface area contributed by atoms with E-state index in [0.29, 0.717) is 10.7 Å². The molecule has 19 heavy (non-hydrogen) atoms. The van der Waals surface area contributed by atoms with Crippen LogP contribution in [0.1, 0.15) is 6.92 Å². The van der Waals surface area contributed by atoms with Gasteiger partial charge in [-0.05, 0) is 31.2 Å². The second kappa shape index (κ2) is 5.27. The molecular formula is C12H12ClN3O3. The van der Waals surface area contributed by atoms with Crippen LogP contribution in [0.4, 0.5) is 10.5 Å². The van der Waals surface area contributed by atoms with E-state index in [9.17, 15) is 14.4 Å². The van der Waals surface area contributed by atoms with Gasteiger partial charge in [-0.3, -0.25) is 14.5 Å². The number of hydrogen-bond donors (Lipinski definition) is 2. The fraction of sp³-hybridized carbons (Fsp3) is 0.250. The lowest BCUT2D eigenvalue weighted by Crippen LogP contribution is -2.38. The summed E-state index contributed by atoms with van der Waals surface area (Å²) in [5.74, 6) is -0.851. The summed E-state index contributed by atoms with van der Waals surface area (Å²) < 4.78 is 0. The maximum absolute atomic E-state index is 11.7. The molecule has 0 radical (unpaired) electrons. The first kappa shape index (κ1) is 13.4. The SMILES string of the molecule is C[C@@H]1NC(=O)N(CC(=O)Nc2ccc(Cl)cc2)C1=O. The molecule has 1 aromatic carbocycles. The van der Waals surface area contributed by atoms with Gasteiger partial charge in [0, 0.05) is 10.7 Å². The summed E-state index contributed by atoms with van der Waals surface area (Å²) in [6, 6.07) is 5.39. The summed E-state index contributed by atoms with van der Waals surface area (Å²) in [7, 11) is 0. The molecule has 0 unspecified atom stereocenters. The van der Waals surface area contributed by atoms with Gasteiger partial charge in [-0.25, -0.2) is 4.79 Å². The van der Waals surface area contributed by atoms with Crippen molar-refractivity contribution >= 4 is 35.1 Å². The highest BCUT2D eigenvalue weighted by Crippen LogP contribution is 2.13. The predicted octanol–water partition coefficient (Wildman–Crippen LogP) is 1.22. The van der Waals surface area contributed by atoms with E-state index < -0.39 is 23.9 Å². The molecule has 1 fully saturated rings. The maximum atomic E-state index is 11.7. The van der Waals surface area contributed by atoms with Crippen LogP contribution in [0.5, 0.6) is 0 Å². The monoisotopic (exact) mass is 281 g/mol. The standard InChI is InChI=1S/C12H12ClN3O3/c1-7-11(18)16(12(19)14-7)6-10(17)15-9-4-2-8(13)3-5-9/h2-5,7H,6H2,1H3,(H,14,19)(H,15,17)/t7-/m0/s1. The number of halogens is 1. The highest BCUT2D eigenvalue weighted by Gasteiger charge is 2.36. The zero-order valence-electron chi connectivity index (χ0n) is 10.1. The normalized spacial score (nSPS) is 18.4. The van der Waals surface area contributed by atoms with Crippen LogP contribution < -0.4 is 10.6 Å². The molecule has 7 heteroatoms. The Morgan fingerprint density at radius 2 is 2.00 bits per heavy atom. The Kier molecular flexibility index (Phi) is 3.71. The van der Waals surface area contributed by atoms with Gasteiger partial charge in [-0.15, -0.1) is 0 Å². The predicted molar refractivity (Wildman–Crippen MR) is 69.8 cm³/mol. The molecule has 0 bridgehead atoms. The van der Waals surface area contributed by atoms with E-state index in [2.05, 4.69) is 10.6 Å². The molecule has 1 aromatic rings. The Hall–Kier alpha value is -2.08. The first-order valence-corrected chi connectivity index (χ1v) is 6.02. The molecule has 1 atom stereocenters. The van der Waals surface area contributed by atoms with Crippen LogP contribution in [0.3, 0.4) is 0 Å². The second-order valence-electron chi connectivity index (χ2n) is 4.15. The fourth-order valence-corrected chi connectivity index (χ4v) is 1.81. The fourth-order valence-electron chi connectivity index (χ4n) is 1.69. The van der Waals surface area contributed by atoms with Crippen molar-refractivity contribution in [3.63, 3.8) is 0 Å². The number of nitrogens with zero attached hydrogens (tertiary/aromatic N) is 1. The van der Waals surface area contributed by atoms with Crippen molar-refractivity contribution in [2.75, 3.05) is 11.9 Å². The number of rotatable bonds is 3. The van der Waals surface area contributed by atoms with Gasteiger partial charge >= 0.3 is 6.03 Å². The number of hydrogen-bond acceptors (Lipinski definition) is 3. The van der Waals surface area contributed by atoms with Gasteiger partial charge in [0.15, 0.2) is 0 Å². The van der Waals surface area contributed by atoms with Crippen molar-refractivity contribution in [3.8, 4) is 0 Å². The van der Waals surface area contributed by atoms with E-state index in [1.807, 2.05) is 0 Å². The third-order valence-electron chi connectivity index (χ3n) is 2.65. The van der Waals surface area contributed by atoms with E-state index in [1.165, 1.54) is 0 Å². The Morgan fingerprint density at radius 3 is 2.53 bits per heavy atom. The average Bonchev–Trinajstić information content (AvgIpc) is 2.59. The summed E-state index contributed by atoms with van der Waals surface area (Å²) in [4.78, 5) is 35.6. The lowest BCUT2D eigenvalue weighted by Gasteiger charge is -2.12. The molecule has 0 saturated carbocycles. The van der Waals surface area contributed by atoms with E-state index in [1.54, 1.807) is 31.2 Å². The molecule has 1 aliphatic heterocycles. The molecule has 4 amide bonds. The molecule has 1 saturated heterocycles. The van der Waals surface area contributed by atoms with Crippen LogP contribution in [-0.2, 0) is 9.59 Å². The van der Waals surface area contributed by atoms with Crippen LogP contribution in [0.15, 0.2) is 24.3 Å². The lowest BCUT2D eigenvalue weighted by molar-refractivity contribution is -0.130. The van der Waals surface area contributed by atoms with Crippen molar-refractivity contribution in [3.05, 3.63) is 29.3 Å². The van der Waals surface area contributed by atoms with E-state index in [-0.39, 0.29) is 6.54 Å². The van der Waals surface area contributed by atoms with Crippen molar-refractivity contribution in [1.29, 1.82) is 0 Å². The van der Waals surface area contributed by atoms with Gasteiger partial charge in [-0.2, -0.15) is 0 Å². The Labute approximate surface area is 114 Å². The van der Waals surface area contributed by atoms with Gasteiger partial charge in [-0.1, -0.05) is 11.6 Å². The maximum Gasteiger partial charge on any atom is 0.325 e. The molecular weight excluding hydrogens is 270 g/mol. The zero-order chi connectivity index (χ0) is 14.0. The van der Waals surface area contributed by atoms with Gasteiger partial charge in [0.2, 0.25) is 5.91 Å².